The van der Waals surface area contributed by atoms with E-state index < -0.39 is 186 Å². The number of imide groups is 2. The number of likely N-dealkylation sites (N-methyl/N-ethyl adjacent to an activating group) is 2. The number of aliphatic hydroxyl groups excluding tert-OH is 5. The van der Waals surface area contributed by atoms with Crippen LogP contribution in [0, 0.1) is 17.8 Å². The van der Waals surface area contributed by atoms with E-state index in [0.717, 1.165) is 44.0 Å². The highest BCUT2D eigenvalue weighted by molar-refractivity contribution is 8.01. The molecule has 10 fully saturated rings. The Bertz CT molecular complexity index is 4990. The van der Waals surface area contributed by atoms with Crippen molar-refractivity contribution in [2.45, 2.75) is 220 Å². The van der Waals surface area contributed by atoms with Gasteiger partial charge in [-0.15, -0.1) is 28.6 Å². The average Bonchev–Trinajstić information content (AvgIpc) is 1.66. The number of benzene rings is 3. The number of ether oxygens (including phenoxy) is 8. The molecule has 3 aromatic carbocycles. The molecule has 0 spiro atoms. The molecule has 16 amide bonds. The summed E-state index contributed by atoms with van der Waals surface area (Å²) in [5.41, 5.74) is 9.73. The molecule has 10 saturated heterocycles. The summed E-state index contributed by atoms with van der Waals surface area (Å²) in [6.07, 6.45) is -18.3. The van der Waals surface area contributed by atoms with Crippen LogP contribution in [0.2, 0.25) is 1.41 Å². The zero-order chi connectivity index (χ0) is 98.6. The second-order valence-corrected chi connectivity index (χ2v) is 37.4. The number of anilines is 2. The quantitative estimate of drug-likeness (QED) is 0.0150. The lowest BCUT2D eigenvalue weighted by Gasteiger charge is -2.47. The molecule has 4 aromatic rings. The summed E-state index contributed by atoms with van der Waals surface area (Å²) < 4.78 is 55.7. The van der Waals surface area contributed by atoms with Crippen LogP contribution in [-0.2, 0) is 109 Å². The van der Waals surface area contributed by atoms with Crippen LogP contribution in [0.3, 0.4) is 0 Å². The van der Waals surface area contributed by atoms with Gasteiger partial charge < -0.3 is 126 Å². The zero-order valence-electron chi connectivity index (χ0n) is 77.3. The summed E-state index contributed by atoms with van der Waals surface area (Å²) in [5.74, 6) is -8.15. The SMILES string of the molecule is [3H]n1nnc2c1-c1ccccc1CN(C(=O)CCC(=O)NCCOCCNC(=O)CCN1C(=O)CC(SC[C@H]3O[C@H]4O[C@H]5[C@H](O)[C@@H](O)[C@H](OCCCO[C@H]3[C@H](O)[C@H]4O)O[C@@H]5CSC3CC(=O)N(CCCCCC(=O)NC(C(=O)NC(CCCNC(N)=O)C(=O)Nc4ccc(COC(=O)N(C)CCN(C)C(=O)OC[C@@H]5[C@@H](C)[C@H](C)[C@H](O)[C@H]6NC(=O)C(=O)N56)cc4)C(C)C)C3=O)C1=O)c1ccccc1-2. The number of urea groups is 1. The molecule has 47 heteroatoms. The van der Waals surface area contributed by atoms with Crippen LogP contribution in [0.15, 0.2) is 72.8 Å². The van der Waals surface area contributed by atoms with Gasteiger partial charge in [-0.25, -0.2) is 14.4 Å². The van der Waals surface area contributed by atoms with Crippen molar-refractivity contribution in [3.63, 3.8) is 0 Å². The maximum absolute atomic E-state index is 14.0. The highest BCUT2D eigenvalue weighted by Gasteiger charge is 2.56. The van der Waals surface area contributed by atoms with Gasteiger partial charge >= 0.3 is 30.0 Å². The smallest absolute Gasteiger partial charge is 0.409 e. The van der Waals surface area contributed by atoms with Crippen molar-refractivity contribution in [2.24, 2.45) is 23.5 Å². The highest BCUT2D eigenvalue weighted by atomic mass is 32.2. The number of likely N-dealkylation sites (tertiary alicyclic amines) is 2. The third-order valence-corrected chi connectivity index (χ3v) is 27.7. The van der Waals surface area contributed by atoms with Crippen LogP contribution >= 0.6 is 23.5 Å². The first kappa shape index (κ1) is 102. The second kappa shape index (κ2) is 48.8. The fourth-order valence-electron chi connectivity index (χ4n) is 17.0. The number of H-pyrrole nitrogens is 1. The Balaban J connectivity index is 0.537. The Morgan fingerprint density at radius 1 is 0.640 bits per heavy atom. The zero-order valence-corrected chi connectivity index (χ0v) is 78.0. The highest BCUT2D eigenvalue weighted by Crippen LogP contribution is 2.42. The minimum atomic E-state index is -1.82. The molecule has 0 radical (unpaired) electrons. The van der Waals surface area contributed by atoms with E-state index in [1.165, 1.54) is 28.8 Å². The van der Waals surface area contributed by atoms with Gasteiger partial charge in [0.2, 0.25) is 59.1 Å². The lowest BCUT2D eigenvalue weighted by Crippen LogP contribution is -2.65. The number of nitrogens with one attached hydrogen (secondary N) is 8. The van der Waals surface area contributed by atoms with Crippen LogP contribution in [0.1, 0.15) is 116 Å². The van der Waals surface area contributed by atoms with E-state index in [2.05, 4.69) is 47.5 Å². The molecular weight excluding hydrogens is 1820 g/mol. The number of aromatic nitrogens is 3. The first-order chi connectivity index (χ1) is 65.6. The van der Waals surface area contributed by atoms with Gasteiger partial charge in [0.15, 0.2) is 14.0 Å². The number of aliphatic hydroxyl groups is 5. The Hall–Kier alpha value is -11.1. The Morgan fingerprint density at radius 3 is 1.94 bits per heavy atom. The largest absolute Gasteiger partial charge is 0.447 e. The number of unbranched alkanes of at least 4 members (excludes halogenated alkanes) is 2. The van der Waals surface area contributed by atoms with E-state index in [1.807, 2.05) is 30.3 Å². The predicted octanol–water partition coefficient (Wildman–Crippen LogP) is -0.580. The topological polar surface area (TPSA) is 602 Å². The van der Waals surface area contributed by atoms with Gasteiger partial charge in [-0.3, -0.25) is 72.4 Å². The molecule has 136 heavy (non-hydrogen) atoms. The van der Waals surface area contributed by atoms with Gasteiger partial charge in [-0.05, 0) is 79.2 Å². The fourth-order valence-corrected chi connectivity index (χ4v) is 19.5. The maximum Gasteiger partial charge on any atom is 0.409 e. The summed E-state index contributed by atoms with van der Waals surface area (Å²) in [7, 11) is 2.93. The first-order valence-electron chi connectivity index (χ1n) is 46.0. The number of carbonyl (C=O) groups is 15. The van der Waals surface area contributed by atoms with Crippen molar-refractivity contribution in [3.8, 4) is 22.5 Å². The van der Waals surface area contributed by atoms with E-state index in [-0.39, 0.29) is 191 Å². The molecule has 19 atom stereocenters. The number of nitrogens with two attached hydrogens (primary N) is 1. The monoisotopic (exact) mass is 1940 g/mol. The Kier molecular flexibility index (Phi) is 36.7. The molecule has 0 saturated carbocycles. The molecule has 11 aliphatic heterocycles. The van der Waals surface area contributed by atoms with Crippen molar-refractivity contribution in [3.05, 3.63) is 83.9 Å². The van der Waals surface area contributed by atoms with Gasteiger partial charge in [0.25, 0.3) is 0 Å². The van der Waals surface area contributed by atoms with Crippen LogP contribution in [0.5, 0.6) is 0 Å². The molecule has 12 heterocycles. The number of carbonyl (C=O) groups excluding carboxylic acids is 15. The number of primary amides is 1. The summed E-state index contributed by atoms with van der Waals surface area (Å²) in [5, 5.41) is 82.9. The number of thioether (sulfide) groups is 2. The van der Waals surface area contributed by atoms with Crippen molar-refractivity contribution < 1.29 is 137 Å². The normalized spacial score (nSPS) is 25.9. The lowest BCUT2D eigenvalue weighted by molar-refractivity contribution is -0.356. The second-order valence-electron chi connectivity index (χ2n) is 34.9. The number of piperidine rings is 1. The molecule has 15 N–H and O–H groups in total. The summed E-state index contributed by atoms with van der Waals surface area (Å²) in [6, 6.07) is 17.1. The van der Waals surface area contributed by atoms with Gasteiger partial charge in [-0.1, -0.05) is 93.9 Å². The summed E-state index contributed by atoms with van der Waals surface area (Å²) in [4.78, 5) is 206. The van der Waals surface area contributed by atoms with Crippen molar-refractivity contribution in [1.29, 1.82) is 0 Å². The Labute approximate surface area is 793 Å². The van der Waals surface area contributed by atoms with E-state index in [9.17, 15) is 97.5 Å². The van der Waals surface area contributed by atoms with Gasteiger partial charge in [0, 0.05) is 133 Å². The molecule has 742 valence electrons. The molecule has 11 aliphatic rings. The third kappa shape index (κ3) is 26.4. The lowest BCUT2D eigenvalue weighted by atomic mass is 9.79. The molecule has 45 nitrogen and oxygen atoms in total. The van der Waals surface area contributed by atoms with E-state index in [0.29, 0.717) is 52.3 Å². The number of para-hydroxylation sites is 1. The third-order valence-electron chi connectivity index (χ3n) is 25.1. The van der Waals surface area contributed by atoms with E-state index >= 15 is 0 Å². The van der Waals surface area contributed by atoms with E-state index in [4.69, 9.17) is 45.0 Å². The number of nitrogens with zero attached hydrogens (tertiary/aromatic N) is 8. The molecule has 4 bridgehead atoms. The minimum absolute atomic E-state index is 0.000540. The fraction of sp³-hybridized carbons (Fsp3) is 0.607. The van der Waals surface area contributed by atoms with Crippen molar-refractivity contribution in [1.82, 2.24) is 71.8 Å². The molecule has 4 unspecified atom stereocenters. The summed E-state index contributed by atoms with van der Waals surface area (Å²) in [6.45, 7) is 6.76. The van der Waals surface area contributed by atoms with Crippen LogP contribution in [-0.4, -0.2) is 361 Å². The minimum Gasteiger partial charge on any atom is -0.447 e. The number of aromatic amines is 1. The van der Waals surface area contributed by atoms with E-state index in [1.54, 1.807) is 75.1 Å². The number of amides is 16. The van der Waals surface area contributed by atoms with Crippen LogP contribution in [0.4, 0.5) is 25.8 Å². The number of fused-ring (bicyclic) bond motifs is 6. The number of rotatable bonds is 41. The van der Waals surface area contributed by atoms with Crippen LogP contribution < -0.4 is 47.9 Å². The predicted molar refractivity (Wildman–Crippen MR) is 484 cm³/mol. The molecule has 15 rings (SSSR count). The van der Waals surface area contributed by atoms with Gasteiger partial charge in [0.1, 0.15) is 73.8 Å². The van der Waals surface area contributed by atoms with Crippen molar-refractivity contribution >= 4 is 124 Å². The standard InChI is InChI=1S/C89H121N17O28S2/c1-47(2)68(80(119)95-55(19-14-29-93-87(90)124)79(118)94-52-24-22-50(23-25-52)43-130-88(125)101(5)34-35-102(6)89(126)131-44-57-48(3)49(4)71(113)78-97-81(120)84(123)106(57)78)96-64(109)21-8-7-13-32-103-66(111)40-60(82(103)121)136-46-59-77-73(115)74(116)85(132-59)129-37-15-36-128-76-58(133-86(134-77)75(117)72(76)114)45-135-61-41-67(112)104(83(61)122)33-28-63(108)92-31-39-127-38-30-91-62(107)26-27-65(110)105-42-51-16-9-10-17-53(51)69-70(99-100-98-69)54-18-11-12-20-56(54)105/h9-12,16-18,20,22-25,47-49,55,57-61,68,71-78,85-86,113-117H,7-8,13-15,19,21,26-46H2,1-6H3,(H,91,107)(H,92,108)(H,94,118)(H,95,119)(H,96,109)(H,97,120)(H3,90,93,124)(H,98,99,100)/t48-,49-,55?,57+,58+,59+,60?,61?,68?,71-,72+,73+,74+,75+,76+,77+,78-,85+,86-/m0/s1/i/hT. The first-order valence-corrected chi connectivity index (χ1v) is 47.6. The number of hydrogen-bond donors (Lipinski definition) is 14. The average molecular weight is 1940 g/mol. The van der Waals surface area contributed by atoms with Crippen molar-refractivity contribution in [2.75, 3.05) is 115 Å². The molecular formula is C89H121N17O28S2. The van der Waals surface area contributed by atoms with Crippen LogP contribution in [0.25, 0.3) is 22.5 Å². The maximum atomic E-state index is 14.0. The molecule has 1 aromatic heterocycles. The summed E-state index contributed by atoms with van der Waals surface area (Å²) >= 11 is 2.02. The Morgan fingerprint density at radius 2 is 1.26 bits per heavy atom. The molecule has 0 aliphatic carbocycles. The van der Waals surface area contributed by atoms with Gasteiger partial charge in [0.05, 0.1) is 72.6 Å². The number of hydrogen-bond acceptors (Lipinski definition) is 32. The van der Waals surface area contributed by atoms with Gasteiger partial charge in [-0.2, -0.15) is 0 Å².